The molecule has 0 bridgehead atoms. The summed E-state index contributed by atoms with van der Waals surface area (Å²) >= 11 is 14.3. The lowest BCUT2D eigenvalue weighted by Gasteiger charge is -2.25. The van der Waals surface area contributed by atoms with Gasteiger partial charge in [-0.05, 0) is 55.4 Å². The van der Waals surface area contributed by atoms with Crippen LogP contribution in [0.3, 0.4) is 0 Å². The maximum absolute atomic E-state index is 11.8. The van der Waals surface area contributed by atoms with Gasteiger partial charge in [-0.15, -0.1) is 0 Å². The molecular weight excluding hydrogens is 403 g/mol. The molecule has 4 nitrogen and oxygen atoms in total. The Hall–Kier alpha value is -1.40. The van der Waals surface area contributed by atoms with Crippen molar-refractivity contribution in [2.45, 2.75) is 19.1 Å². The molecule has 1 N–H and O–H groups in total. The van der Waals surface area contributed by atoms with Crippen LogP contribution in [0.5, 0.6) is 5.75 Å². The number of hydrogen-bond acceptors (Lipinski definition) is 4. The Morgan fingerprint density at radius 1 is 1.26 bits per heavy atom. The van der Waals surface area contributed by atoms with Crippen LogP contribution in [0.25, 0.3) is 0 Å². The van der Waals surface area contributed by atoms with Gasteiger partial charge >= 0.3 is 5.17 Å². The zero-order chi connectivity index (χ0) is 19.0. The van der Waals surface area contributed by atoms with Gasteiger partial charge in [0, 0.05) is 10.8 Å². The van der Waals surface area contributed by atoms with Crippen molar-refractivity contribution in [2.75, 3.05) is 30.3 Å². The summed E-state index contributed by atoms with van der Waals surface area (Å²) < 4.78 is 7.89. The van der Waals surface area contributed by atoms with Crippen LogP contribution in [-0.4, -0.2) is 40.3 Å². The van der Waals surface area contributed by atoms with Crippen molar-refractivity contribution >= 4 is 45.8 Å². The molecule has 2 heterocycles. The van der Waals surface area contributed by atoms with E-state index in [0.29, 0.717) is 28.8 Å². The van der Waals surface area contributed by atoms with E-state index in [4.69, 9.17) is 27.9 Å². The van der Waals surface area contributed by atoms with Crippen molar-refractivity contribution in [3.63, 3.8) is 0 Å². The third-order valence-corrected chi connectivity index (χ3v) is 6.60. The SMILES string of the molecule is CCOc1ccccc1N1C[C@@](O)(c2ccc(Cl)cc2Cl)[N+]2=C1SCCC2. The molecule has 0 saturated carbocycles. The number of nitrogens with zero attached hydrogens (tertiary/aromatic N) is 2. The van der Waals surface area contributed by atoms with Gasteiger partial charge in [0.05, 0.1) is 23.7 Å². The quantitative estimate of drug-likeness (QED) is 0.730. The van der Waals surface area contributed by atoms with Crippen molar-refractivity contribution < 1.29 is 14.4 Å². The van der Waals surface area contributed by atoms with Crippen LogP contribution in [0.1, 0.15) is 18.9 Å². The molecule has 2 aromatic carbocycles. The fourth-order valence-corrected chi connectivity index (χ4v) is 5.42. The molecule has 7 heteroatoms. The first-order valence-corrected chi connectivity index (χ1v) is 10.7. The molecule has 27 heavy (non-hydrogen) atoms. The Bertz CT molecular complexity index is 905. The summed E-state index contributed by atoms with van der Waals surface area (Å²) in [6, 6.07) is 13.2. The van der Waals surface area contributed by atoms with Gasteiger partial charge in [0.25, 0.3) is 5.72 Å². The molecule has 0 aliphatic carbocycles. The lowest BCUT2D eigenvalue weighted by molar-refractivity contribution is -0.656. The smallest absolute Gasteiger partial charge is 0.316 e. The summed E-state index contributed by atoms with van der Waals surface area (Å²) in [6.45, 7) is 3.70. The fraction of sp³-hybridized carbons (Fsp3) is 0.350. The van der Waals surface area contributed by atoms with Gasteiger partial charge in [0.15, 0.2) is 18.0 Å². The minimum Gasteiger partial charge on any atom is -0.489 e. The van der Waals surface area contributed by atoms with E-state index >= 15 is 0 Å². The normalized spacial score (nSPS) is 22.1. The lowest BCUT2D eigenvalue weighted by atomic mass is 10.0. The van der Waals surface area contributed by atoms with Crippen LogP contribution in [0, 0.1) is 0 Å². The Morgan fingerprint density at radius 2 is 2.07 bits per heavy atom. The molecule has 1 atom stereocenters. The molecule has 0 unspecified atom stereocenters. The predicted molar refractivity (Wildman–Crippen MR) is 113 cm³/mol. The topological polar surface area (TPSA) is 35.7 Å². The van der Waals surface area contributed by atoms with Crippen LogP contribution in [0.4, 0.5) is 5.69 Å². The van der Waals surface area contributed by atoms with Gasteiger partial charge in [0.2, 0.25) is 0 Å². The molecule has 0 radical (unpaired) electrons. The van der Waals surface area contributed by atoms with E-state index in [1.165, 1.54) is 0 Å². The molecule has 0 amide bonds. The first kappa shape index (κ1) is 18.9. The van der Waals surface area contributed by atoms with Crippen LogP contribution >= 0.6 is 35.0 Å². The number of anilines is 1. The van der Waals surface area contributed by atoms with Crippen LogP contribution < -0.4 is 9.64 Å². The summed E-state index contributed by atoms with van der Waals surface area (Å²) in [7, 11) is 0. The first-order valence-electron chi connectivity index (χ1n) is 8.99. The van der Waals surface area contributed by atoms with E-state index in [2.05, 4.69) is 9.48 Å². The monoisotopic (exact) mass is 423 g/mol. The van der Waals surface area contributed by atoms with E-state index < -0.39 is 5.72 Å². The van der Waals surface area contributed by atoms with Crippen molar-refractivity contribution in [1.82, 2.24) is 0 Å². The summed E-state index contributed by atoms with van der Waals surface area (Å²) in [5.41, 5.74) is 0.406. The zero-order valence-corrected chi connectivity index (χ0v) is 17.3. The number of ether oxygens (including phenoxy) is 1. The number of amidine groups is 1. The van der Waals surface area contributed by atoms with Gasteiger partial charge in [-0.3, -0.25) is 0 Å². The highest BCUT2D eigenvalue weighted by Crippen LogP contribution is 2.42. The summed E-state index contributed by atoms with van der Waals surface area (Å²) in [5, 5.41) is 13.8. The van der Waals surface area contributed by atoms with Gasteiger partial charge in [-0.2, -0.15) is 0 Å². The molecule has 0 aromatic heterocycles. The molecule has 0 saturated heterocycles. The Morgan fingerprint density at radius 3 is 2.85 bits per heavy atom. The average Bonchev–Trinajstić information content (AvgIpc) is 2.96. The number of benzene rings is 2. The lowest BCUT2D eigenvalue weighted by Crippen LogP contribution is -2.41. The highest BCUT2D eigenvalue weighted by atomic mass is 35.5. The van der Waals surface area contributed by atoms with Gasteiger partial charge < -0.3 is 9.84 Å². The van der Waals surface area contributed by atoms with E-state index in [9.17, 15) is 5.11 Å². The molecule has 0 fully saturated rings. The number of β-amino-alcohol motifs (C(OH)–C–C–N with tert-alkyl or cyclic N) is 1. The highest BCUT2D eigenvalue weighted by Gasteiger charge is 2.54. The van der Waals surface area contributed by atoms with Gasteiger partial charge in [0.1, 0.15) is 0 Å². The standard InChI is InChI=1S/C20H21Cl2N2O2S/c1-2-26-18-7-4-3-6-17(18)23-13-20(25,24-10-5-11-27-19(23)24)15-9-8-14(21)12-16(15)22/h3-4,6-9,12,25H,2,5,10-11,13H2,1H3/q+1/t20-/m1/s1. The minimum absolute atomic E-state index is 0.376. The second-order valence-electron chi connectivity index (χ2n) is 6.56. The molecule has 142 valence electrons. The van der Waals surface area contributed by atoms with Crippen LogP contribution in [0.2, 0.25) is 10.0 Å². The van der Waals surface area contributed by atoms with E-state index in [-0.39, 0.29) is 0 Å². The Labute approximate surface area is 173 Å². The molecule has 4 rings (SSSR count). The number of halogens is 2. The number of rotatable bonds is 4. The van der Waals surface area contributed by atoms with E-state index in [1.807, 2.05) is 37.3 Å². The summed E-state index contributed by atoms with van der Waals surface area (Å²) in [6.07, 6.45) is 1.00. The van der Waals surface area contributed by atoms with E-state index in [0.717, 1.165) is 35.3 Å². The largest absolute Gasteiger partial charge is 0.489 e. The Kier molecular flexibility index (Phi) is 5.30. The molecule has 2 aromatic rings. The number of aliphatic hydroxyl groups is 1. The third kappa shape index (κ3) is 3.31. The zero-order valence-electron chi connectivity index (χ0n) is 15.0. The second kappa shape index (κ2) is 7.55. The number of para-hydroxylation sites is 2. The maximum Gasteiger partial charge on any atom is 0.316 e. The summed E-state index contributed by atoms with van der Waals surface area (Å²) in [4.78, 5) is 2.14. The first-order chi connectivity index (χ1) is 13.0. The highest BCUT2D eigenvalue weighted by molar-refractivity contribution is 8.13. The molecule has 0 spiro atoms. The number of hydrogen-bond donors (Lipinski definition) is 1. The number of thioether (sulfide) groups is 1. The van der Waals surface area contributed by atoms with Crippen LogP contribution in [0.15, 0.2) is 42.5 Å². The predicted octanol–water partition coefficient (Wildman–Crippen LogP) is 4.56. The van der Waals surface area contributed by atoms with Crippen molar-refractivity contribution in [2.24, 2.45) is 0 Å². The Balaban J connectivity index is 1.83. The van der Waals surface area contributed by atoms with Crippen molar-refractivity contribution in [3.05, 3.63) is 58.1 Å². The second-order valence-corrected chi connectivity index (χ2v) is 8.47. The third-order valence-electron chi connectivity index (χ3n) is 4.86. The average molecular weight is 424 g/mol. The fourth-order valence-electron chi connectivity index (χ4n) is 3.69. The van der Waals surface area contributed by atoms with Crippen molar-refractivity contribution in [3.8, 4) is 5.75 Å². The van der Waals surface area contributed by atoms with Crippen LogP contribution in [-0.2, 0) is 5.72 Å². The van der Waals surface area contributed by atoms with Crippen molar-refractivity contribution in [1.29, 1.82) is 0 Å². The maximum atomic E-state index is 11.8. The molecular formula is C20H21Cl2N2O2S+. The molecule has 2 aliphatic rings. The summed E-state index contributed by atoms with van der Waals surface area (Å²) in [5.74, 6) is 1.83. The van der Waals surface area contributed by atoms with E-state index in [1.54, 1.807) is 23.9 Å². The molecule has 2 aliphatic heterocycles. The van der Waals surface area contributed by atoms with Gasteiger partial charge in [-0.1, -0.05) is 35.3 Å². The minimum atomic E-state index is -1.22. The van der Waals surface area contributed by atoms with Gasteiger partial charge in [-0.25, -0.2) is 9.48 Å².